The van der Waals surface area contributed by atoms with Crippen LogP contribution in [-0.2, 0) is 11.2 Å². The van der Waals surface area contributed by atoms with Crippen LogP contribution >= 0.6 is 0 Å². The van der Waals surface area contributed by atoms with Crippen LogP contribution in [0.4, 0.5) is 0 Å². The van der Waals surface area contributed by atoms with Gasteiger partial charge in [-0.15, -0.1) is 0 Å². The third-order valence-corrected chi connectivity index (χ3v) is 4.70. The standard InChI is InChI=1S/C18H31N3O2/c1-4-14(5-2)17-13-15(9-12-23-17)21-18(19-3)20-10-8-16-7-6-11-22-16/h6-7,11,14-15,17H,4-5,8-10,12-13H2,1-3H3,(H2,19,20,21). The minimum atomic E-state index is 0.373. The molecule has 0 aromatic carbocycles. The molecule has 0 amide bonds. The van der Waals surface area contributed by atoms with E-state index < -0.39 is 0 Å². The molecule has 5 heteroatoms. The molecule has 1 aliphatic rings. The lowest BCUT2D eigenvalue weighted by atomic mass is 9.89. The molecule has 2 unspecified atom stereocenters. The Hall–Kier alpha value is -1.49. The molecule has 0 spiro atoms. The van der Waals surface area contributed by atoms with Crippen LogP contribution in [-0.4, -0.2) is 38.3 Å². The minimum absolute atomic E-state index is 0.373. The number of ether oxygens (including phenoxy) is 1. The molecule has 1 saturated heterocycles. The van der Waals surface area contributed by atoms with Gasteiger partial charge >= 0.3 is 0 Å². The summed E-state index contributed by atoms with van der Waals surface area (Å²) in [6, 6.07) is 4.35. The zero-order valence-corrected chi connectivity index (χ0v) is 14.7. The second kappa shape index (κ2) is 9.60. The first kappa shape index (κ1) is 17.9. The Kier molecular flexibility index (Phi) is 7.46. The Balaban J connectivity index is 1.76. The van der Waals surface area contributed by atoms with Crippen LogP contribution < -0.4 is 10.6 Å². The highest BCUT2D eigenvalue weighted by Gasteiger charge is 2.27. The van der Waals surface area contributed by atoms with Crippen molar-refractivity contribution in [3.63, 3.8) is 0 Å². The predicted octanol–water partition coefficient (Wildman–Crippen LogP) is 2.97. The van der Waals surface area contributed by atoms with Gasteiger partial charge in [0.1, 0.15) is 5.76 Å². The molecular weight excluding hydrogens is 290 g/mol. The molecule has 5 nitrogen and oxygen atoms in total. The van der Waals surface area contributed by atoms with Gasteiger partial charge in [-0.25, -0.2) is 0 Å². The minimum Gasteiger partial charge on any atom is -0.469 e. The maximum atomic E-state index is 5.98. The van der Waals surface area contributed by atoms with Gasteiger partial charge in [0.05, 0.1) is 12.4 Å². The van der Waals surface area contributed by atoms with Gasteiger partial charge in [0.2, 0.25) is 0 Å². The van der Waals surface area contributed by atoms with Crippen LogP contribution in [0, 0.1) is 5.92 Å². The fourth-order valence-corrected chi connectivity index (χ4v) is 3.25. The van der Waals surface area contributed by atoms with Gasteiger partial charge in [0.15, 0.2) is 5.96 Å². The average molecular weight is 321 g/mol. The van der Waals surface area contributed by atoms with Crippen LogP contribution in [0.25, 0.3) is 0 Å². The molecule has 130 valence electrons. The number of aliphatic imine (C=N–C) groups is 1. The number of hydrogen-bond donors (Lipinski definition) is 2. The average Bonchev–Trinajstić information content (AvgIpc) is 3.09. The fourth-order valence-electron chi connectivity index (χ4n) is 3.25. The van der Waals surface area contributed by atoms with Gasteiger partial charge in [-0.05, 0) is 30.9 Å². The van der Waals surface area contributed by atoms with Crippen molar-refractivity contribution in [2.45, 2.75) is 58.1 Å². The molecule has 1 aliphatic heterocycles. The molecule has 2 atom stereocenters. The number of guanidine groups is 1. The third kappa shape index (κ3) is 5.57. The lowest BCUT2D eigenvalue weighted by molar-refractivity contribution is -0.0324. The molecular formula is C18H31N3O2. The van der Waals surface area contributed by atoms with Crippen LogP contribution in [0.3, 0.4) is 0 Å². The van der Waals surface area contributed by atoms with Crippen LogP contribution in [0.5, 0.6) is 0 Å². The molecule has 1 aromatic rings. The maximum Gasteiger partial charge on any atom is 0.191 e. The van der Waals surface area contributed by atoms with Crippen molar-refractivity contribution in [2.24, 2.45) is 10.9 Å². The summed E-state index contributed by atoms with van der Waals surface area (Å²) in [5, 5.41) is 6.91. The lowest BCUT2D eigenvalue weighted by Gasteiger charge is -2.35. The smallest absolute Gasteiger partial charge is 0.191 e. The Labute approximate surface area is 139 Å². The highest BCUT2D eigenvalue weighted by atomic mass is 16.5. The molecule has 0 aliphatic carbocycles. The van der Waals surface area contributed by atoms with Gasteiger partial charge in [0, 0.05) is 32.7 Å². The monoisotopic (exact) mass is 321 g/mol. The fraction of sp³-hybridized carbons (Fsp3) is 0.722. The van der Waals surface area contributed by atoms with Crippen molar-refractivity contribution < 1.29 is 9.15 Å². The zero-order chi connectivity index (χ0) is 16.5. The Morgan fingerprint density at radius 1 is 1.39 bits per heavy atom. The molecule has 23 heavy (non-hydrogen) atoms. The SMILES string of the molecule is CCC(CC)C1CC(NC(=NC)NCCc2ccco2)CCO1. The van der Waals surface area contributed by atoms with E-state index in [4.69, 9.17) is 9.15 Å². The van der Waals surface area contributed by atoms with Crippen LogP contribution in [0.1, 0.15) is 45.3 Å². The van der Waals surface area contributed by atoms with Gasteiger partial charge in [0.25, 0.3) is 0 Å². The van der Waals surface area contributed by atoms with Crippen molar-refractivity contribution in [3.05, 3.63) is 24.2 Å². The molecule has 0 radical (unpaired) electrons. The van der Waals surface area contributed by atoms with E-state index in [9.17, 15) is 0 Å². The zero-order valence-electron chi connectivity index (χ0n) is 14.7. The van der Waals surface area contributed by atoms with E-state index in [0.717, 1.165) is 44.1 Å². The van der Waals surface area contributed by atoms with E-state index >= 15 is 0 Å². The maximum absolute atomic E-state index is 5.98. The highest BCUT2D eigenvalue weighted by molar-refractivity contribution is 5.79. The van der Waals surface area contributed by atoms with E-state index in [1.54, 1.807) is 6.26 Å². The number of nitrogens with one attached hydrogen (secondary N) is 2. The summed E-state index contributed by atoms with van der Waals surface area (Å²) in [6.45, 7) is 6.15. The van der Waals surface area contributed by atoms with Crippen LogP contribution in [0.15, 0.2) is 27.8 Å². The summed E-state index contributed by atoms with van der Waals surface area (Å²) in [6.07, 6.45) is 7.41. The second-order valence-electron chi connectivity index (χ2n) is 6.18. The van der Waals surface area contributed by atoms with E-state index in [2.05, 4.69) is 29.5 Å². The molecule has 2 heterocycles. The largest absolute Gasteiger partial charge is 0.469 e. The Bertz CT molecular complexity index is 455. The summed E-state index contributed by atoms with van der Waals surface area (Å²) in [5.74, 6) is 2.52. The summed E-state index contributed by atoms with van der Waals surface area (Å²) >= 11 is 0. The second-order valence-corrected chi connectivity index (χ2v) is 6.18. The normalized spacial score (nSPS) is 22.3. The summed E-state index contributed by atoms with van der Waals surface area (Å²) in [5.41, 5.74) is 0. The molecule has 1 fully saturated rings. The topological polar surface area (TPSA) is 58.8 Å². The highest BCUT2D eigenvalue weighted by Crippen LogP contribution is 2.25. The summed E-state index contributed by atoms with van der Waals surface area (Å²) in [4.78, 5) is 4.33. The number of furan rings is 1. The van der Waals surface area contributed by atoms with Gasteiger partial charge < -0.3 is 19.8 Å². The van der Waals surface area contributed by atoms with Crippen LogP contribution in [0.2, 0.25) is 0 Å². The van der Waals surface area contributed by atoms with Gasteiger partial charge in [-0.2, -0.15) is 0 Å². The van der Waals surface area contributed by atoms with Crippen molar-refractivity contribution in [1.29, 1.82) is 0 Å². The van der Waals surface area contributed by atoms with E-state index in [1.165, 1.54) is 12.8 Å². The Morgan fingerprint density at radius 3 is 2.87 bits per heavy atom. The summed E-state index contributed by atoms with van der Waals surface area (Å²) in [7, 11) is 1.82. The van der Waals surface area contributed by atoms with E-state index in [-0.39, 0.29) is 0 Å². The molecule has 1 aromatic heterocycles. The first-order valence-corrected chi connectivity index (χ1v) is 8.87. The Morgan fingerprint density at radius 2 is 2.22 bits per heavy atom. The van der Waals surface area contributed by atoms with E-state index in [0.29, 0.717) is 18.1 Å². The first-order valence-electron chi connectivity index (χ1n) is 8.87. The van der Waals surface area contributed by atoms with E-state index in [1.807, 2.05) is 19.2 Å². The number of nitrogens with zero attached hydrogens (tertiary/aromatic N) is 1. The molecule has 2 rings (SSSR count). The quantitative estimate of drug-likeness (QED) is 0.599. The predicted molar refractivity (Wildman–Crippen MR) is 93.7 cm³/mol. The molecule has 2 N–H and O–H groups in total. The van der Waals surface area contributed by atoms with Gasteiger partial charge in [-0.1, -0.05) is 26.7 Å². The van der Waals surface area contributed by atoms with Crippen molar-refractivity contribution in [3.8, 4) is 0 Å². The molecule has 0 bridgehead atoms. The van der Waals surface area contributed by atoms with Crippen molar-refractivity contribution >= 4 is 5.96 Å². The van der Waals surface area contributed by atoms with Crippen molar-refractivity contribution in [2.75, 3.05) is 20.2 Å². The molecule has 0 saturated carbocycles. The summed E-state index contributed by atoms with van der Waals surface area (Å²) < 4.78 is 11.3. The third-order valence-electron chi connectivity index (χ3n) is 4.70. The van der Waals surface area contributed by atoms with Gasteiger partial charge in [-0.3, -0.25) is 4.99 Å². The lowest BCUT2D eigenvalue weighted by Crippen LogP contribution is -2.48. The number of rotatable bonds is 7. The first-order chi connectivity index (χ1) is 11.3. The number of hydrogen-bond acceptors (Lipinski definition) is 3. The van der Waals surface area contributed by atoms with Crippen molar-refractivity contribution in [1.82, 2.24) is 10.6 Å².